The lowest BCUT2D eigenvalue weighted by atomic mass is 10.0. The largest absolute Gasteiger partial charge is 0.370 e. The molecule has 0 saturated carbocycles. The second-order valence-corrected chi connectivity index (χ2v) is 5.06. The SMILES string of the molecule is O=C(Nc1ccccc1N1CCCC1)C1CNC1. The Labute approximate surface area is 107 Å². The molecule has 0 aromatic heterocycles. The highest BCUT2D eigenvalue weighted by Crippen LogP contribution is 2.29. The zero-order chi connectivity index (χ0) is 12.4. The number of nitrogens with one attached hydrogen (secondary N) is 2. The summed E-state index contributed by atoms with van der Waals surface area (Å²) >= 11 is 0. The van der Waals surface area contributed by atoms with Gasteiger partial charge in [0, 0.05) is 26.2 Å². The normalized spacial score (nSPS) is 19.7. The standard InChI is InChI=1S/C14H19N3O/c18-14(11-9-15-10-11)16-12-5-1-2-6-13(12)17-7-3-4-8-17/h1-2,5-6,11,15H,3-4,7-10H2,(H,16,18). The molecule has 2 aliphatic rings. The van der Waals surface area contributed by atoms with E-state index in [9.17, 15) is 4.79 Å². The van der Waals surface area contributed by atoms with Gasteiger partial charge in [0.2, 0.25) is 5.91 Å². The van der Waals surface area contributed by atoms with E-state index in [0.29, 0.717) is 0 Å². The first kappa shape index (κ1) is 11.5. The minimum atomic E-state index is 0.136. The fourth-order valence-electron chi connectivity index (χ4n) is 2.52. The van der Waals surface area contributed by atoms with E-state index in [2.05, 4.69) is 21.6 Å². The van der Waals surface area contributed by atoms with Crippen molar-refractivity contribution in [3.63, 3.8) is 0 Å². The van der Waals surface area contributed by atoms with E-state index >= 15 is 0 Å². The van der Waals surface area contributed by atoms with Crippen LogP contribution in [-0.4, -0.2) is 32.1 Å². The third-order valence-electron chi connectivity index (χ3n) is 3.76. The van der Waals surface area contributed by atoms with Crippen molar-refractivity contribution < 1.29 is 4.79 Å². The third-order valence-corrected chi connectivity index (χ3v) is 3.76. The van der Waals surface area contributed by atoms with E-state index in [4.69, 9.17) is 0 Å². The number of amides is 1. The van der Waals surface area contributed by atoms with Crippen LogP contribution in [0.2, 0.25) is 0 Å². The molecule has 2 heterocycles. The molecule has 4 heteroatoms. The van der Waals surface area contributed by atoms with Crippen LogP contribution in [0, 0.1) is 5.92 Å². The molecule has 0 bridgehead atoms. The second-order valence-electron chi connectivity index (χ2n) is 5.06. The Hall–Kier alpha value is -1.55. The van der Waals surface area contributed by atoms with Crippen LogP contribution in [-0.2, 0) is 4.79 Å². The van der Waals surface area contributed by atoms with Crippen LogP contribution >= 0.6 is 0 Å². The number of carbonyl (C=O) groups is 1. The lowest BCUT2D eigenvalue weighted by molar-refractivity contribution is -0.121. The van der Waals surface area contributed by atoms with Crippen molar-refractivity contribution >= 4 is 17.3 Å². The molecule has 0 unspecified atom stereocenters. The van der Waals surface area contributed by atoms with Crippen molar-refractivity contribution in [2.75, 3.05) is 36.4 Å². The van der Waals surface area contributed by atoms with Crippen LogP contribution in [0.1, 0.15) is 12.8 Å². The highest BCUT2D eigenvalue weighted by atomic mass is 16.2. The summed E-state index contributed by atoms with van der Waals surface area (Å²) in [5.74, 6) is 0.275. The quantitative estimate of drug-likeness (QED) is 0.847. The molecule has 4 nitrogen and oxygen atoms in total. The van der Waals surface area contributed by atoms with Crippen LogP contribution in [0.15, 0.2) is 24.3 Å². The van der Waals surface area contributed by atoms with Gasteiger partial charge in [-0.15, -0.1) is 0 Å². The van der Waals surface area contributed by atoms with Crippen LogP contribution in [0.4, 0.5) is 11.4 Å². The van der Waals surface area contributed by atoms with Gasteiger partial charge in [0.1, 0.15) is 0 Å². The molecular weight excluding hydrogens is 226 g/mol. The molecule has 2 aliphatic heterocycles. The maximum absolute atomic E-state index is 12.0. The van der Waals surface area contributed by atoms with E-state index in [1.54, 1.807) is 0 Å². The molecule has 1 amide bonds. The molecule has 2 fully saturated rings. The zero-order valence-electron chi connectivity index (χ0n) is 10.5. The highest BCUT2D eigenvalue weighted by Gasteiger charge is 2.26. The number of carbonyl (C=O) groups excluding carboxylic acids is 1. The maximum atomic E-state index is 12.0. The molecule has 1 aromatic carbocycles. The summed E-state index contributed by atoms with van der Waals surface area (Å²) in [6, 6.07) is 8.11. The number of hydrogen-bond donors (Lipinski definition) is 2. The highest BCUT2D eigenvalue weighted by molar-refractivity contribution is 5.96. The summed E-state index contributed by atoms with van der Waals surface area (Å²) in [7, 11) is 0. The fraction of sp³-hybridized carbons (Fsp3) is 0.500. The first-order valence-corrected chi connectivity index (χ1v) is 6.70. The Morgan fingerprint density at radius 1 is 1.22 bits per heavy atom. The molecule has 0 spiro atoms. The average Bonchev–Trinajstić information content (AvgIpc) is 2.80. The summed E-state index contributed by atoms with van der Waals surface area (Å²) in [6.07, 6.45) is 2.49. The van der Waals surface area contributed by atoms with Gasteiger partial charge in [0.15, 0.2) is 0 Å². The zero-order valence-corrected chi connectivity index (χ0v) is 10.5. The number of rotatable bonds is 3. The predicted molar refractivity (Wildman–Crippen MR) is 72.9 cm³/mol. The molecule has 2 saturated heterocycles. The van der Waals surface area contributed by atoms with Gasteiger partial charge in [0.25, 0.3) is 0 Å². The molecule has 2 N–H and O–H groups in total. The minimum Gasteiger partial charge on any atom is -0.370 e. The molecule has 18 heavy (non-hydrogen) atoms. The van der Waals surface area contributed by atoms with Gasteiger partial charge >= 0.3 is 0 Å². The van der Waals surface area contributed by atoms with Crippen molar-refractivity contribution in [3.05, 3.63) is 24.3 Å². The second kappa shape index (κ2) is 4.98. The number of anilines is 2. The Morgan fingerprint density at radius 3 is 2.61 bits per heavy atom. The molecular formula is C14H19N3O. The smallest absolute Gasteiger partial charge is 0.230 e. The van der Waals surface area contributed by atoms with Crippen molar-refractivity contribution in [1.29, 1.82) is 0 Å². The van der Waals surface area contributed by atoms with Crippen molar-refractivity contribution in [2.45, 2.75) is 12.8 Å². The maximum Gasteiger partial charge on any atom is 0.230 e. The van der Waals surface area contributed by atoms with Gasteiger partial charge in [0.05, 0.1) is 17.3 Å². The van der Waals surface area contributed by atoms with E-state index < -0.39 is 0 Å². The summed E-state index contributed by atoms with van der Waals surface area (Å²) in [4.78, 5) is 14.3. The van der Waals surface area contributed by atoms with Crippen molar-refractivity contribution in [2.24, 2.45) is 5.92 Å². The fourth-order valence-corrected chi connectivity index (χ4v) is 2.52. The number of benzene rings is 1. The topological polar surface area (TPSA) is 44.4 Å². The van der Waals surface area contributed by atoms with Gasteiger partial charge in [-0.05, 0) is 25.0 Å². The van der Waals surface area contributed by atoms with Gasteiger partial charge in [-0.1, -0.05) is 12.1 Å². The van der Waals surface area contributed by atoms with Crippen LogP contribution in [0.25, 0.3) is 0 Å². The first-order valence-electron chi connectivity index (χ1n) is 6.70. The lowest BCUT2D eigenvalue weighted by Gasteiger charge is -2.27. The summed E-state index contributed by atoms with van der Waals surface area (Å²) < 4.78 is 0. The Morgan fingerprint density at radius 2 is 1.94 bits per heavy atom. The Kier molecular flexibility index (Phi) is 3.19. The lowest BCUT2D eigenvalue weighted by Crippen LogP contribution is -2.48. The Balaban J connectivity index is 1.75. The van der Waals surface area contributed by atoms with Crippen LogP contribution in [0.5, 0.6) is 0 Å². The van der Waals surface area contributed by atoms with Crippen molar-refractivity contribution in [3.8, 4) is 0 Å². The first-order chi connectivity index (χ1) is 8.84. The van der Waals surface area contributed by atoms with Crippen LogP contribution in [0.3, 0.4) is 0 Å². The van der Waals surface area contributed by atoms with Crippen molar-refractivity contribution in [1.82, 2.24) is 5.32 Å². The molecule has 0 radical (unpaired) electrons. The average molecular weight is 245 g/mol. The van der Waals surface area contributed by atoms with E-state index in [1.807, 2.05) is 18.2 Å². The predicted octanol–water partition coefficient (Wildman–Crippen LogP) is 1.44. The molecule has 1 aromatic rings. The number of hydrogen-bond acceptors (Lipinski definition) is 3. The third kappa shape index (κ3) is 2.20. The number of para-hydroxylation sites is 2. The minimum absolute atomic E-state index is 0.136. The molecule has 0 atom stereocenters. The van der Waals surface area contributed by atoms with Gasteiger partial charge in [-0.2, -0.15) is 0 Å². The van der Waals surface area contributed by atoms with E-state index in [-0.39, 0.29) is 11.8 Å². The monoisotopic (exact) mass is 245 g/mol. The van der Waals surface area contributed by atoms with Gasteiger partial charge in [-0.3, -0.25) is 4.79 Å². The van der Waals surface area contributed by atoms with Gasteiger partial charge < -0.3 is 15.5 Å². The summed E-state index contributed by atoms with van der Waals surface area (Å²) in [5.41, 5.74) is 2.12. The number of nitrogens with zero attached hydrogens (tertiary/aromatic N) is 1. The Bertz CT molecular complexity index is 436. The molecule has 3 rings (SSSR count). The molecule has 0 aliphatic carbocycles. The van der Waals surface area contributed by atoms with Gasteiger partial charge in [-0.25, -0.2) is 0 Å². The summed E-state index contributed by atoms with van der Waals surface area (Å²) in [6.45, 7) is 3.80. The molecule has 96 valence electrons. The van der Waals surface area contributed by atoms with E-state index in [1.165, 1.54) is 12.8 Å². The summed E-state index contributed by atoms with van der Waals surface area (Å²) in [5, 5.41) is 6.20. The van der Waals surface area contributed by atoms with E-state index in [0.717, 1.165) is 37.6 Å². The van der Waals surface area contributed by atoms with Crippen LogP contribution < -0.4 is 15.5 Å².